The maximum atomic E-state index is 12.4. The zero-order valence-corrected chi connectivity index (χ0v) is 14.8. The lowest BCUT2D eigenvalue weighted by atomic mass is 10.2. The van der Waals surface area contributed by atoms with Crippen LogP contribution in [-0.4, -0.2) is 25.1 Å². The van der Waals surface area contributed by atoms with Crippen molar-refractivity contribution >= 4 is 17.1 Å². The number of hydrogen-bond acceptors (Lipinski definition) is 5. The van der Waals surface area contributed by atoms with Crippen molar-refractivity contribution in [3.63, 3.8) is 0 Å². The van der Waals surface area contributed by atoms with Gasteiger partial charge in [-0.2, -0.15) is 0 Å². The molecule has 0 fully saturated rings. The molecule has 25 heavy (non-hydrogen) atoms. The maximum absolute atomic E-state index is 12.4. The van der Waals surface area contributed by atoms with E-state index in [1.165, 1.54) is 4.57 Å². The number of rotatable bonds is 10. The molecule has 2 heterocycles. The van der Waals surface area contributed by atoms with E-state index in [2.05, 4.69) is 16.9 Å². The van der Waals surface area contributed by atoms with Crippen molar-refractivity contribution in [2.45, 2.75) is 71.9 Å². The van der Waals surface area contributed by atoms with Crippen molar-refractivity contribution in [1.82, 2.24) is 19.1 Å². The molecule has 2 aromatic heterocycles. The summed E-state index contributed by atoms with van der Waals surface area (Å²) in [5, 5.41) is 10.8. The molecule has 0 aliphatic carbocycles. The molecule has 8 nitrogen and oxygen atoms in total. The SMILES string of the molecule is CCCCCn1c(CCC(=O)[O-])nc2c1c(=O)[nH]c(=O)n2CCCC. The first-order valence-electron chi connectivity index (χ1n) is 8.91. The summed E-state index contributed by atoms with van der Waals surface area (Å²) in [6.07, 6.45) is 4.57. The van der Waals surface area contributed by atoms with Crippen LogP contribution in [0.25, 0.3) is 11.2 Å². The number of imidazole rings is 1. The molecule has 0 saturated heterocycles. The molecule has 0 spiro atoms. The minimum Gasteiger partial charge on any atom is -0.550 e. The average Bonchev–Trinajstić information content (AvgIpc) is 2.92. The van der Waals surface area contributed by atoms with Gasteiger partial charge >= 0.3 is 5.69 Å². The summed E-state index contributed by atoms with van der Waals surface area (Å²) in [5.41, 5.74) is -0.265. The Morgan fingerprint density at radius 3 is 2.40 bits per heavy atom. The van der Waals surface area contributed by atoms with Gasteiger partial charge in [0.1, 0.15) is 5.82 Å². The predicted octanol–water partition coefficient (Wildman–Crippen LogP) is 0.559. The minimum absolute atomic E-state index is 0.171. The molecule has 2 rings (SSSR count). The summed E-state index contributed by atoms with van der Waals surface area (Å²) in [4.78, 5) is 42.2. The molecule has 0 saturated carbocycles. The van der Waals surface area contributed by atoms with E-state index in [4.69, 9.17) is 0 Å². The number of nitrogens with zero attached hydrogens (tertiary/aromatic N) is 3. The molecule has 8 heteroatoms. The van der Waals surface area contributed by atoms with Gasteiger partial charge in [-0.15, -0.1) is 0 Å². The molecular weight excluding hydrogens is 324 g/mol. The molecule has 0 unspecified atom stereocenters. The largest absolute Gasteiger partial charge is 0.550 e. The number of carboxylic acid groups (broad SMARTS) is 1. The molecule has 0 aliphatic heterocycles. The van der Waals surface area contributed by atoms with Gasteiger partial charge in [-0.25, -0.2) is 9.78 Å². The maximum Gasteiger partial charge on any atom is 0.330 e. The second kappa shape index (κ2) is 8.64. The fraction of sp³-hybridized carbons (Fsp3) is 0.647. The van der Waals surface area contributed by atoms with Gasteiger partial charge in [0, 0.05) is 25.5 Å². The van der Waals surface area contributed by atoms with E-state index in [-0.39, 0.29) is 12.8 Å². The van der Waals surface area contributed by atoms with Crippen LogP contribution in [0.1, 0.15) is 58.2 Å². The van der Waals surface area contributed by atoms with E-state index >= 15 is 0 Å². The quantitative estimate of drug-likeness (QED) is 0.630. The number of aromatic nitrogens is 4. The third-order valence-corrected chi connectivity index (χ3v) is 4.24. The van der Waals surface area contributed by atoms with Gasteiger partial charge < -0.3 is 14.5 Å². The summed E-state index contributed by atoms with van der Waals surface area (Å²) >= 11 is 0. The lowest BCUT2D eigenvalue weighted by molar-refractivity contribution is -0.305. The van der Waals surface area contributed by atoms with E-state index in [9.17, 15) is 19.5 Å². The van der Waals surface area contributed by atoms with Crippen LogP contribution in [0.15, 0.2) is 9.59 Å². The number of aryl methyl sites for hydroxylation is 3. The number of carboxylic acids is 1. The second-order valence-corrected chi connectivity index (χ2v) is 6.20. The molecule has 0 amide bonds. The predicted molar refractivity (Wildman–Crippen MR) is 92.4 cm³/mol. The Morgan fingerprint density at radius 2 is 1.76 bits per heavy atom. The number of hydrogen-bond donors (Lipinski definition) is 1. The average molecular weight is 349 g/mol. The van der Waals surface area contributed by atoms with Gasteiger partial charge in [-0.3, -0.25) is 14.3 Å². The van der Waals surface area contributed by atoms with E-state index in [1.807, 2.05) is 6.92 Å². The highest BCUT2D eigenvalue weighted by Gasteiger charge is 2.18. The van der Waals surface area contributed by atoms with Crippen LogP contribution in [0, 0.1) is 0 Å². The number of nitrogens with one attached hydrogen (secondary N) is 1. The summed E-state index contributed by atoms with van der Waals surface area (Å²) in [6, 6.07) is 0. The molecule has 0 atom stereocenters. The van der Waals surface area contributed by atoms with Crippen molar-refractivity contribution < 1.29 is 9.90 Å². The number of carbonyl (C=O) groups is 1. The van der Waals surface area contributed by atoms with Crippen LogP contribution in [0.3, 0.4) is 0 Å². The van der Waals surface area contributed by atoms with Gasteiger partial charge in [0.15, 0.2) is 11.2 Å². The molecule has 0 bridgehead atoms. The Hall–Kier alpha value is -2.38. The molecule has 1 N–H and O–H groups in total. The molecule has 138 valence electrons. The van der Waals surface area contributed by atoms with Gasteiger partial charge in [-0.1, -0.05) is 33.1 Å². The Morgan fingerprint density at radius 1 is 1.08 bits per heavy atom. The summed E-state index contributed by atoms with van der Waals surface area (Å²) in [5.74, 6) is -0.652. The third-order valence-electron chi connectivity index (χ3n) is 4.24. The van der Waals surface area contributed by atoms with Crippen LogP contribution >= 0.6 is 0 Å². The van der Waals surface area contributed by atoms with Crippen molar-refractivity contribution in [3.8, 4) is 0 Å². The summed E-state index contributed by atoms with van der Waals surface area (Å²) in [7, 11) is 0. The van der Waals surface area contributed by atoms with E-state index in [1.54, 1.807) is 4.57 Å². The number of carbonyl (C=O) groups excluding carboxylic acids is 1. The Bertz CT molecular complexity index is 847. The lowest BCUT2D eigenvalue weighted by Gasteiger charge is -2.09. The molecule has 0 aliphatic rings. The third kappa shape index (κ3) is 4.37. The molecule has 0 aromatic carbocycles. The fourth-order valence-electron chi connectivity index (χ4n) is 2.91. The van der Waals surface area contributed by atoms with E-state index < -0.39 is 17.2 Å². The van der Waals surface area contributed by atoms with Crippen molar-refractivity contribution in [1.29, 1.82) is 0 Å². The lowest BCUT2D eigenvalue weighted by Crippen LogP contribution is -2.31. The minimum atomic E-state index is -1.16. The van der Waals surface area contributed by atoms with Crippen LogP contribution in [0.5, 0.6) is 0 Å². The normalized spacial score (nSPS) is 11.3. The summed E-state index contributed by atoms with van der Waals surface area (Å²) in [6.45, 7) is 5.14. The van der Waals surface area contributed by atoms with Gasteiger partial charge in [0.25, 0.3) is 5.56 Å². The molecular formula is C17H25N4O4-. The Labute approximate surface area is 145 Å². The van der Waals surface area contributed by atoms with Crippen LogP contribution in [-0.2, 0) is 24.3 Å². The van der Waals surface area contributed by atoms with Crippen LogP contribution in [0.4, 0.5) is 0 Å². The van der Waals surface area contributed by atoms with Gasteiger partial charge in [0.2, 0.25) is 0 Å². The first kappa shape index (κ1) is 19.0. The van der Waals surface area contributed by atoms with Gasteiger partial charge in [-0.05, 0) is 19.3 Å². The van der Waals surface area contributed by atoms with Crippen molar-refractivity contribution in [2.24, 2.45) is 0 Å². The Kier molecular flexibility index (Phi) is 6.55. The zero-order chi connectivity index (χ0) is 18.4. The number of aliphatic carboxylic acids is 1. The van der Waals surface area contributed by atoms with E-state index in [0.717, 1.165) is 32.1 Å². The van der Waals surface area contributed by atoms with E-state index in [0.29, 0.717) is 30.1 Å². The topological polar surface area (TPSA) is 113 Å². The summed E-state index contributed by atoms with van der Waals surface area (Å²) < 4.78 is 3.23. The van der Waals surface area contributed by atoms with Crippen molar-refractivity contribution in [2.75, 3.05) is 0 Å². The number of fused-ring (bicyclic) bond motifs is 1. The molecule has 0 radical (unpaired) electrons. The zero-order valence-electron chi connectivity index (χ0n) is 14.8. The Balaban J connectivity index is 2.57. The fourth-order valence-corrected chi connectivity index (χ4v) is 2.91. The van der Waals surface area contributed by atoms with Gasteiger partial charge in [0.05, 0.1) is 0 Å². The second-order valence-electron chi connectivity index (χ2n) is 6.20. The first-order chi connectivity index (χ1) is 12.0. The first-order valence-corrected chi connectivity index (χ1v) is 8.91. The molecule has 2 aromatic rings. The smallest absolute Gasteiger partial charge is 0.330 e. The van der Waals surface area contributed by atoms with Crippen molar-refractivity contribution in [3.05, 3.63) is 26.7 Å². The number of unbranched alkanes of at least 4 members (excludes halogenated alkanes) is 3. The highest BCUT2D eigenvalue weighted by Crippen LogP contribution is 2.15. The number of H-pyrrole nitrogens is 1. The highest BCUT2D eigenvalue weighted by molar-refractivity contribution is 5.71. The monoisotopic (exact) mass is 349 g/mol. The van der Waals surface area contributed by atoms with Crippen LogP contribution < -0.4 is 16.4 Å². The number of aromatic amines is 1. The standard InChI is InChI=1S/C17H26N4O4/c1-3-5-7-11-20-12(8-9-13(22)23)18-15-14(20)16(24)19-17(25)21(15)10-6-4-2/h3-11H2,1-2H3,(H,22,23)(H,19,24,25)/p-1. The highest BCUT2D eigenvalue weighted by atomic mass is 16.4. The van der Waals surface area contributed by atoms with Crippen LogP contribution in [0.2, 0.25) is 0 Å².